The normalized spacial score (nSPS) is 15.0. The molecule has 0 saturated carbocycles. The zero-order valence-corrected chi connectivity index (χ0v) is 17.0. The highest BCUT2D eigenvalue weighted by Crippen LogP contribution is 2.11. The largest absolute Gasteiger partial charge is 0.390 e. The molecule has 10 heteroatoms. The van der Waals surface area contributed by atoms with Gasteiger partial charge in [-0.25, -0.2) is 4.68 Å². The van der Waals surface area contributed by atoms with Gasteiger partial charge in [-0.2, -0.15) is 10.2 Å². The monoisotopic (exact) mass is 423 g/mol. The van der Waals surface area contributed by atoms with E-state index in [0.717, 1.165) is 18.8 Å². The van der Waals surface area contributed by atoms with Crippen molar-refractivity contribution in [2.45, 2.75) is 25.5 Å². The highest BCUT2D eigenvalue weighted by Gasteiger charge is 2.18. The second-order valence-corrected chi connectivity index (χ2v) is 7.50. The van der Waals surface area contributed by atoms with Crippen LogP contribution in [0.2, 0.25) is 0 Å². The first-order chi connectivity index (χ1) is 15.1. The number of anilines is 2. The average molecular weight is 423 g/mol. The molecule has 2 amide bonds. The number of carbonyl (C=O) groups is 2. The van der Waals surface area contributed by atoms with Crippen LogP contribution in [0.4, 0.5) is 11.5 Å². The van der Waals surface area contributed by atoms with Gasteiger partial charge in [-0.05, 0) is 38.1 Å². The Morgan fingerprint density at radius 1 is 1.03 bits per heavy atom. The van der Waals surface area contributed by atoms with Crippen molar-refractivity contribution >= 4 is 23.3 Å². The van der Waals surface area contributed by atoms with Gasteiger partial charge in [-0.1, -0.05) is 18.2 Å². The van der Waals surface area contributed by atoms with Crippen LogP contribution in [0.3, 0.4) is 0 Å². The van der Waals surface area contributed by atoms with E-state index in [4.69, 9.17) is 0 Å². The number of aliphatic hydroxyl groups excluding tert-OH is 1. The predicted molar refractivity (Wildman–Crippen MR) is 115 cm³/mol. The number of hydrogen-bond acceptors (Lipinski definition) is 6. The van der Waals surface area contributed by atoms with Gasteiger partial charge in [-0.15, -0.1) is 0 Å². The number of hydrogen-bond donors (Lipinski definition) is 3. The number of benzene rings is 1. The van der Waals surface area contributed by atoms with Crippen molar-refractivity contribution in [2.24, 2.45) is 0 Å². The zero-order chi connectivity index (χ0) is 21.6. The van der Waals surface area contributed by atoms with E-state index in [2.05, 4.69) is 25.7 Å². The molecule has 0 spiro atoms. The van der Waals surface area contributed by atoms with Gasteiger partial charge in [0.2, 0.25) is 0 Å². The molecule has 0 aliphatic carbocycles. The summed E-state index contributed by atoms with van der Waals surface area (Å²) in [7, 11) is 0. The molecule has 0 radical (unpaired) electrons. The molecule has 3 heterocycles. The number of rotatable bonds is 7. The van der Waals surface area contributed by atoms with Gasteiger partial charge in [0.1, 0.15) is 0 Å². The van der Waals surface area contributed by atoms with Gasteiger partial charge in [0.25, 0.3) is 0 Å². The third kappa shape index (κ3) is 5.56. The Hall–Kier alpha value is -3.50. The number of nitrogens with zero attached hydrogens (tertiary/aromatic N) is 5. The SMILES string of the molecule is O=C(Nc1cnn(C[C@H](O)CN2CCCC2)c1)C(=O)Nc1ccn(-c2ccccc2)n1. The summed E-state index contributed by atoms with van der Waals surface area (Å²) < 4.78 is 3.15. The number of aromatic nitrogens is 4. The molecule has 1 aromatic carbocycles. The smallest absolute Gasteiger partial charge is 0.315 e. The quantitative estimate of drug-likeness (QED) is 0.490. The molecule has 1 saturated heterocycles. The van der Waals surface area contributed by atoms with Crippen molar-refractivity contribution in [3.8, 4) is 5.69 Å². The summed E-state index contributed by atoms with van der Waals surface area (Å²) >= 11 is 0. The van der Waals surface area contributed by atoms with Gasteiger partial charge < -0.3 is 20.6 Å². The van der Waals surface area contributed by atoms with Crippen LogP contribution in [0.1, 0.15) is 12.8 Å². The van der Waals surface area contributed by atoms with E-state index in [0.29, 0.717) is 18.8 Å². The predicted octanol–water partition coefficient (Wildman–Crippen LogP) is 1.10. The van der Waals surface area contributed by atoms with Gasteiger partial charge >= 0.3 is 11.8 Å². The molecule has 3 N–H and O–H groups in total. The van der Waals surface area contributed by atoms with Crippen molar-refractivity contribution in [3.63, 3.8) is 0 Å². The van der Waals surface area contributed by atoms with Gasteiger partial charge in [0.05, 0.1) is 30.2 Å². The van der Waals surface area contributed by atoms with E-state index in [-0.39, 0.29) is 5.82 Å². The fraction of sp³-hybridized carbons (Fsp3) is 0.333. The number of amides is 2. The fourth-order valence-electron chi connectivity index (χ4n) is 3.54. The second-order valence-electron chi connectivity index (χ2n) is 7.50. The van der Waals surface area contributed by atoms with Crippen molar-refractivity contribution in [1.29, 1.82) is 0 Å². The van der Waals surface area contributed by atoms with E-state index < -0.39 is 17.9 Å². The molecule has 3 aromatic rings. The minimum Gasteiger partial charge on any atom is -0.390 e. The molecule has 4 rings (SSSR count). The van der Waals surface area contributed by atoms with Crippen LogP contribution in [0.25, 0.3) is 5.69 Å². The Bertz CT molecular complexity index is 1020. The summed E-state index contributed by atoms with van der Waals surface area (Å²) in [4.78, 5) is 26.6. The molecule has 2 aromatic heterocycles. The van der Waals surface area contributed by atoms with E-state index in [9.17, 15) is 14.7 Å². The van der Waals surface area contributed by atoms with Crippen LogP contribution in [-0.2, 0) is 16.1 Å². The van der Waals surface area contributed by atoms with E-state index in [1.807, 2.05) is 30.3 Å². The highest BCUT2D eigenvalue weighted by atomic mass is 16.3. The van der Waals surface area contributed by atoms with Crippen molar-refractivity contribution in [2.75, 3.05) is 30.3 Å². The van der Waals surface area contributed by atoms with Gasteiger partial charge in [0, 0.05) is 25.0 Å². The molecule has 31 heavy (non-hydrogen) atoms. The summed E-state index contributed by atoms with van der Waals surface area (Å²) in [6.45, 7) is 2.93. The van der Waals surface area contributed by atoms with Crippen molar-refractivity contribution in [1.82, 2.24) is 24.5 Å². The van der Waals surface area contributed by atoms with Crippen molar-refractivity contribution < 1.29 is 14.7 Å². The minimum absolute atomic E-state index is 0.268. The lowest BCUT2D eigenvalue weighted by Crippen LogP contribution is -2.32. The van der Waals surface area contributed by atoms with Gasteiger partial charge in [-0.3, -0.25) is 14.3 Å². The number of nitrogens with one attached hydrogen (secondary N) is 2. The molecular weight excluding hydrogens is 398 g/mol. The lowest BCUT2D eigenvalue weighted by Gasteiger charge is -2.19. The molecule has 10 nitrogen and oxygen atoms in total. The van der Waals surface area contributed by atoms with E-state index >= 15 is 0 Å². The topological polar surface area (TPSA) is 117 Å². The fourth-order valence-corrected chi connectivity index (χ4v) is 3.54. The molecular formula is C21H25N7O3. The van der Waals surface area contributed by atoms with Crippen LogP contribution < -0.4 is 10.6 Å². The summed E-state index contributed by atoms with van der Waals surface area (Å²) in [5, 5.41) is 23.6. The number of aliphatic hydroxyl groups is 1. The third-order valence-electron chi connectivity index (χ3n) is 5.01. The number of β-amino-alcohol motifs (C(OH)–C–C–N with tert-alkyl or cyclic N) is 1. The number of carbonyl (C=O) groups excluding carboxylic acids is 2. The van der Waals surface area contributed by atoms with Crippen LogP contribution in [-0.4, -0.2) is 67.1 Å². The van der Waals surface area contributed by atoms with Crippen LogP contribution in [0.15, 0.2) is 55.0 Å². The van der Waals surface area contributed by atoms with Crippen LogP contribution in [0.5, 0.6) is 0 Å². The maximum atomic E-state index is 12.2. The Labute approximate surface area is 179 Å². The molecule has 1 fully saturated rings. The van der Waals surface area contributed by atoms with Crippen molar-refractivity contribution in [3.05, 3.63) is 55.0 Å². The maximum absolute atomic E-state index is 12.2. The molecule has 0 unspecified atom stereocenters. The Balaban J connectivity index is 1.27. The lowest BCUT2D eigenvalue weighted by atomic mass is 10.3. The first kappa shape index (κ1) is 20.8. The van der Waals surface area contributed by atoms with Crippen LogP contribution >= 0.6 is 0 Å². The average Bonchev–Trinajstić information content (AvgIpc) is 3.52. The summed E-state index contributed by atoms with van der Waals surface area (Å²) in [6.07, 6.45) is 6.50. The summed E-state index contributed by atoms with van der Waals surface area (Å²) in [5.74, 6) is -1.39. The maximum Gasteiger partial charge on any atom is 0.315 e. The number of para-hydroxylation sites is 1. The Morgan fingerprint density at radius 2 is 1.77 bits per heavy atom. The van der Waals surface area contributed by atoms with Gasteiger partial charge in [0.15, 0.2) is 5.82 Å². The molecule has 1 aliphatic rings. The minimum atomic E-state index is -0.833. The molecule has 162 valence electrons. The Morgan fingerprint density at radius 3 is 2.55 bits per heavy atom. The Kier molecular flexibility index (Phi) is 6.39. The summed E-state index contributed by atoms with van der Waals surface area (Å²) in [5.41, 5.74) is 1.22. The van der Waals surface area contributed by atoms with E-state index in [1.54, 1.807) is 27.8 Å². The molecule has 0 bridgehead atoms. The van der Waals surface area contributed by atoms with Crippen LogP contribution in [0, 0.1) is 0 Å². The first-order valence-corrected chi connectivity index (χ1v) is 10.2. The first-order valence-electron chi connectivity index (χ1n) is 10.2. The highest BCUT2D eigenvalue weighted by molar-refractivity contribution is 6.43. The molecule has 1 atom stereocenters. The second kappa shape index (κ2) is 9.54. The molecule has 1 aliphatic heterocycles. The third-order valence-corrected chi connectivity index (χ3v) is 5.01. The standard InChI is InChI=1S/C21H25N7O3/c29-18(14-26-9-4-5-10-26)15-27-13-16(12-22-27)23-20(30)21(31)24-19-8-11-28(25-19)17-6-2-1-3-7-17/h1-3,6-8,11-13,18,29H,4-5,9-10,14-15H2,(H,23,30)(H,24,25,31)/t18-/m1/s1. The lowest BCUT2D eigenvalue weighted by molar-refractivity contribution is -0.133. The van der Waals surface area contributed by atoms with E-state index in [1.165, 1.54) is 19.0 Å². The zero-order valence-electron chi connectivity index (χ0n) is 17.0. The summed E-state index contributed by atoms with van der Waals surface area (Å²) in [6, 6.07) is 11.0. The number of likely N-dealkylation sites (tertiary alicyclic amines) is 1.